The molecule has 2 fully saturated rings. The van der Waals surface area contributed by atoms with Crippen LogP contribution in [0, 0.1) is 5.92 Å². The van der Waals surface area contributed by atoms with Gasteiger partial charge in [0.25, 0.3) is 0 Å². The lowest BCUT2D eigenvalue weighted by molar-refractivity contribution is 0.127. The van der Waals surface area contributed by atoms with Crippen molar-refractivity contribution >= 4 is 0 Å². The lowest BCUT2D eigenvalue weighted by Gasteiger charge is -2.38. The second kappa shape index (κ2) is 6.49. The molecule has 2 aliphatic rings. The monoisotopic (exact) mass is 305 g/mol. The SMILES string of the molecule is CN1[C@@H]2CC[C@H]1CC(CC(c1ccccc1)c1ccccc1)C2. The number of hydrogen-bond donors (Lipinski definition) is 0. The highest BCUT2D eigenvalue weighted by molar-refractivity contribution is 5.32. The largest absolute Gasteiger partial charge is 0.300 e. The Morgan fingerprint density at radius 3 is 1.78 bits per heavy atom. The van der Waals surface area contributed by atoms with Crippen molar-refractivity contribution in [2.75, 3.05) is 7.05 Å². The van der Waals surface area contributed by atoms with E-state index < -0.39 is 0 Å². The molecule has 0 saturated carbocycles. The van der Waals surface area contributed by atoms with Crippen molar-refractivity contribution in [2.24, 2.45) is 5.92 Å². The van der Waals surface area contributed by atoms with Crippen molar-refractivity contribution in [3.05, 3.63) is 71.8 Å². The van der Waals surface area contributed by atoms with E-state index in [1.165, 1.54) is 43.2 Å². The molecular weight excluding hydrogens is 278 g/mol. The average molecular weight is 305 g/mol. The quantitative estimate of drug-likeness (QED) is 0.761. The Kier molecular flexibility index (Phi) is 4.22. The molecule has 2 aromatic carbocycles. The lowest BCUT2D eigenvalue weighted by atomic mass is 9.78. The molecule has 0 aliphatic carbocycles. The highest BCUT2D eigenvalue weighted by Gasteiger charge is 2.39. The summed E-state index contributed by atoms with van der Waals surface area (Å²) in [5.74, 6) is 1.42. The summed E-state index contributed by atoms with van der Waals surface area (Å²) >= 11 is 0. The van der Waals surface area contributed by atoms with E-state index in [0.29, 0.717) is 5.92 Å². The summed E-state index contributed by atoms with van der Waals surface area (Å²) in [5, 5.41) is 0. The predicted molar refractivity (Wildman–Crippen MR) is 96.6 cm³/mol. The number of piperidine rings is 1. The fourth-order valence-corrected chi connectivity index (χ4v) is 4.89. The van der Waals surface area contributed by atoms with Gasteiger partial charge in [-0.15, -0.1) is 0 Å². The Bertz CT molecular complexity index is 567. The first-order chi connectivity index (χ1) is 11.3. The molecule has 120 valence electrons. The second-order valence-corrected chi connectivity index (χ2v) is 7.50. The highest BCUT2D eigenvalue weighted by Crippen LogP contribution is 2.42. The summed E-state index contributed by atoms with van der Waals surface area (Å²) in [7, 11) is 2.34. The third kappa shape index (κ3) is 3.07. The van der Waals surface area contributed by atoms with Gasteiger partial charge in [0.1, 0.15) is 0 Å². The first kappa shape index (κ1) is 15.0. The van der Waals surface area contributed by atoms with E-state index in [4.69, 9.17) is 0 Å². The molecule has 2 bridgehead atoms. The van der Waals surface area contributed by atoms with Gasteiger partial charge in [0.2, 0.25) is 0 Å². The minimum Gasteiger partial charge on any atom is -0.300 e. The van der Waals surface area contributed by atoms with E-state index in [2.05, 4.69) is 72.6 Å². The van der Waals surface area contributed by atoms with Gasteiger partial charge in [-0.3, -0.25) is 0 Å². The number of benzene rings is 2. The van der Waals surface area contributed by atoms with Crippen LogP contribution in [0.2, 0.25) is 0 Å². The van der Waals surface area contributed by atoms with Crippen molar-refractivity contribution < 1.29 is 0 Å². The van der Waals surface area contributed by atoms with E-state index in [0.717, 1.165) is 18.0 Å². The van der Waals surface area contributed by atoms with Crippen LogP contribution in [0.4, 0.5) is 0 Å². The Hall–Kier alpha value is -1.60. The first-order valence-corrected chi connectivity index (χ1v) is 9.13. The maximum atomic E-state index is 2.65. The Morgan fingerprint density at radius 1 is 0.826 bits per heavy atom. The fraction of sp³-hybridized carbons (Fsp3) is 0.455. The summed E-state index contributed by atoms with van der Waals surface area (Å²) in [5.41, 5.74) is 2.95. The van der Waals surface area contributed by atoms with Crippen LogP contribution in [-0.2, 0) is 0 Å². The fourth-order valence-electron chi connectivity index (χ4n) is 4.89. The Morgan fingerprint density at radius 2 is 1.30 bits per heavy atom. The highest BCUT2D eigenvalue weighted by atomic mass is 15.2. The topological polar surface area (TPSA) is 3.24 Å². The number of rotatable bonds is 4. The third-order valence-electron chi connectivity index (χ3n) is 6.17. The van der Waals surface area contributed by atoms with Gasteiger partial charge in [0.05, 0.1) is 0 Å². The van der Waals surface area contributed by atoms with Crippen LogP contribution >= 0.6 is 0 Å². The molecule has 2 aromatic rings. The molecule has 0 amide bonds. The zero-order valence-electron chi connectivity index (χ0n) is 14.1. The van der Waals surface area contributed by atoms with Crippen LogP contribution in [0.5, 0.6) is 0 Å². The molecule has 0 spiro atoms. The summed E-state index contributed by atoms with van der Waals surface area (Å²) in [6, 6.07) is 23.9. The molecule has 3 atom stereocenters. The van der Waals surface area contributed by atoms with Gasteiger partial charge in [0.15, 0.2) is 0 Å². The molecule has 0 radical (unpaired) electrons. The van der Waals surface area contributed by atoms with E-state index in [1.54, 1.807) is 0 Å². The zero-order valence-corrected chi connectivity index (χ0v) is 14.1. The van der Waals surface area contributed by atoms with E-state index in [1.807, 2.05) is 0 Å². The molecule has 2 aliphatic heterocycles. The third-order valence-corrected chi connectivity index (χ3v) is 6.17. The summed E-state index contributed by atoms with van der Waals surface area (Å²) in [6.07, 6.45) is 6.92. The normalized spacial score (nSPS) is 27.5. The van der Waals surface area contributed by atoms with Crippen molar-refractivity contribution in [3.8, 4) is 0 Å². The molecule has 4 rings (SSSR count). The van der Waals surface area contributed by atoms with Gasteiger partial charge in [-0.2, -0.15) is 0 Å². The minimum absolute atomic E-state index is 0.546. The molecule has 1 unspecified atom stereocenters. The molecular formula is C22H27N. The van der Waals surface area contributed by atoms with Crippen LogP contribution in [0.3, 0.4) is 0 Å². The number of hydrogen-bond acceptors (Lipinski definition) is 1. The minimum atomic E-state index is 0.546. The Balaban J connectivity index is 1.57. The summed E-state index contributed by atoms with van der Waals surface area (Å²) < 4.78 is 0. The van der Waals surface area contributed by atoms with Gasteiger partial charge in [-0.25, -0.2) is 0 Å². The average Bonchev–Trinajstić information content (AvgIpc) is 2.83. The number of fused-ring (bicyclic) bond motifs is 2. The molecule has 2 saturated heterocycles. The van der Waals surface area contributed by atoms with Crippen LogP contribution in [0.15, 0.2) is 60.7 Å². The number of nitrogens with zero attached hydrogens (tertiary/aromatic N) is 1. The summed E-state index contributed by atoms with van der Waals surface area (Å²) in [6.45, 7) is 0. The van der Waals surface area contributed by atoms with Crippen molar-refractivity contribution in [1.82, 2.24) is 4.90 Å². The first-order valence-electron chi connectivity index (χ1n) is 9.13. The van der Waals surface area contributed by atoms with E-state index in [9.17, 15) is 0 Å². The summed E-state index contributed by atoms with van der Waals surface area (Å²) in [4.78, 5) is 2.65. The van der Waals surface area contributed by atoms with Crippen LogP contribution in [0.1, 0.15) is 49.1 Å². The molecule has 1 heteroatoms. The zero-order chi connectivity index (χ0) is 15.6. The van der Waals surface area contributed by atoms with Crippen molar-refractivity contribution in [1.29, 1.82) is 0 Å². The van der Waals surface area contributed by atoms with Crippen LogP contribution in [0.25, 0.3) is 0 Å². The maximum absolute atomic E-state index is 2.65. The van der Waals surface area contributed by atoms with Gasteiger partial charge in [-0.05, 0) is 56.2 Å². The van der Waals surface area contributed by atoms with Crippen molar-refractivity contribution in [2.45, 2.75) is 50.1 Å². The smallest absolute Gasteiger partial charge is 0.00983 e. The van der Waals surface area contributed by atoms with Crippen LogP contribution < -0.4 is 0 Å². The van der Waals surface area contributed by atoms with Gasteiger partial charge < -0.3 is 4.90 Å². The standard InChI is InChI=1S/C22H27N/c1-23-20-12-13-21(23)15-17(14-20)16-22(18-8-4-2-5-9-18)19-10-6-3-7-11-19/h2-11,17,20-22H,12-16H2,1H3/t17?,20-,21+. The molecule has 2 heterocycles. The van der Waals surface area contributed by atoms with Crippen LogP contribution in [-0.4, -0.2) is 24.0 Å². The molecule has 0 aromatic heterocycles. The van der Waals surface area contributed by atoms with Gasteiger partial charge in [-0.1, -0.05) is 60.7 Å². The molecule has 1 nitrogen and oxygen atoms in total. The van der Waals surface area contributed by atoms with Gasteiger partial charge in [0, 0.05) is 18.0 Å². The second-order valence-electron chi connectivity index (χ2n) is 7.50. The molecule has 23 heavy (non-hydrogen) atoms. The molecule has 0 N–H and O–H groups in total. The maximum Gasteiger partial charge on any atom is 0.00983 e. The van der Waals surface area contributed by atoms with E-state index in [-0.39, 0.29) is 0 Å². The van der Waals surface area contributed by atoms with Crippen molar-refractivity contribution in [3.63, 3.8) is 0 Å². The Labute approximate surface area is 140 Å². The van der Waals surface area contributed by atoms with E-state index >= 15 is 0 Å². The van der Waals surface area contributed by atoms with Gasteiger partial charge >= 0.3 is 0 Å². The lowest BCUT2D eigenvalue weighted by Crippen LogP contribution is -2.40. The predicted octanol–water partition coefficient (Wildman–Crippen LogP) is 5.08.